The molecular weight excluding hydrogens is 478 g/mol. The van der Waals surface area contributed by atoms with Crippen LogP contribution in [0.4, 0.5) is 10.5 Å². The summed E-state index contributed by atoms with van der Waals surface area (Å²) in [5.41, 5.74) is 1.37. The van der Waals surface area contributed by atoms with Gasteiger partial charge in [0.15, 0.2) is 0 Å². The minimum Gasteiger partial charge on any atom is -0.462 e. The molecule has 0 atom stereocenters. The van der Waals surface area contributed by atoms with E-state index in [1.54, 1.807) is 42.5 Å². The highest BCUT2D eigenvalue weighted by Crippen LogP contribution is 2.26. The van der Waals surface area contributed by atoms with Crippen LogP contribution >= 0.6 is 15.9 Å². The van der Waals surface area contributed by atoms with Gasteiger partial charge in [0, 0.05) is 17.6 Å². The summed E-state index contributed by atoms with van der Waals surface area (Å²) in [6.07, 6.45) is 2.07. The number of carbonyl (C=O) groups is 4. The molecule has 3 rings (SSSR count). The molecule has 0 bridgehead atoms. The van der Waals surface area contributed by atoms with Crippen LogP contribution in [0.15, 0.2) is 46.9 Å². The molecule has 2 aromatic carbocycles. The zero-order valence-electron chi connectivity index (χ0n) is 17.7. The minimum absolute atomic E-state index is 0.185. The molecule has 2 N–H and O–H groups in total. The standard InChI is InChI=1S/C23H24BrN3O5/c1-2-3-13-32-22(30)17-7-4-5-8-19(17)26-23(31)25-11-6-12-27-20(28)16-10-9-15(24)14-18(16)21(27)29/h4-5,7-10,14H,2-3,6,11-13H2,1H3,(H2,25,26,31). The van der Waals surface area contributed by atoms with Gasteiger partial charge in [-0.2, -0.15) is 0 Å². The molecule has 1 aliphatic heterocycles. The molecule has 8 nitrogen and oxygen atoms in total. The number of ether oxygens (including phenoxy) is 1. The lowest BCUT2D eigenvalue weighted by Gasteiger charge is -2.14. The Balaban J connectivity index is 1.48. The molecule has 2 aromatic rings. The molecular formula is C23H24BrN3O5. The highest BCUT2D eigenvalue weighted by molar-refractivity contribution is 9.10. The van der Waals surface area contributed by atoms with Gasteiger partial charge < -0.3 is 15.4 Å². The van der Waals surface area contributed by atoms with Crippen molar-refractivity contribution < 1.29 is 23.9 Å². The van der Waals surface area contributed by atoms with E-state index < -0.39 is 12.0 Å². The van der Waals surface area contributed by atoms with Crippen LogP contribution in [0.2, 0.25) is 0 Å². The Morgan fingerprint density at radius 2 is 1.78 bits per heavy atom. The zero-order chi connectivity index (χ0) is 23.1. The Morgan fingerprint density at radius 1 is 1.03 bits per heavy atom. The van der Waals surface area contributed by atoms with Crippen molar-refractivity contribution in [2.24, 2.45) is 0 Å². The van der Waals surface area contributed by atoms with E-state index in [1.165, 1.54) is 4.90 Å². The van der Waals surface area contributed by atoms with E-state index >= 15 is 0 Å². The molecule has 4 amide bonds. The highest BCUT2D eigenvalue weighted by Gasteiger charge is 2.35. The fraction of sp³-hybridized carbons (Fsp3) is 0.304. The van der Waals surface area contributed by atoms with E-state index in [9.17, 15) is 19.2 Å². The van der Waals surface area contributed by atoms with Crippen molar-refractivity contribution in [1.82, 2.24) is 10.2 Å². The van der Waals surface area contributed by atoms with Gasteiger partial charge in [-0.15, -0.1) is 0 Å². The number of nitrogens with zero attached hydrogens (tertiary/aromatic N) is 1. The Hall–Kier alpha value is -3.20. The van der Waals surface area contributed by atoms with Gasteiger partial charge in [0.1, 0.15) is 0 Å². The Bertz CT molecular complexity index is 1040. The van der Waals surface area contributed by atoms with Crippen molar-refractivity contribution in [2.75, 3.05) is 25.0 Å². The minimum atomic E-state index is -0.495. The molecule has 0 saturated heterocycles. The van der Waals surface area contributed by atoms with Gasteiger partial charge in [0.2, 0.25) is 0 Å². The first-order valence-corrected chi connectivity index (χ1v) is 11.2. The molecule has 0 unspecified atom stereocenters. The quantitative estimate of drug-likeness (QED) is 0.304. The lowest BCUT2D eigenvalue weighted by atomic mass is 10.1. The number of hydrogen-bond acceptors (Lipinski definition) is 5. The van der Waals surface area contributed by atoms with Crippen LogP contribution in [-0.2, 0) is 4.74 Å². The number of nitrogens with one attached hydrogen (secondary N) is 2. The molecule has 0 saturated carbocycles. The van der Waals surface area contributed by atoms with E-state index in [2.05, 4.69) is 26.6 Å². The summed E-state index contributed by atoms with van der Waals surface area (Å²) in [5.74, 6) is -1.17. The van der Waals surface area contributed by atoms with E-state index in [1.807, 2.05) is 6.92 Å². The van der Waals surface area contributed by atoms with Crippen LogP contribution in [0.3, 0.4) is 0 Å². The second-order valence-corrected chi connectivity index (χ2v) is 8.14. The normalized spacial score (nSPS) is 12.5. The van der Waals surface area contributed by atoms with E-state index in [0.29, 0.717) is 29.8 Å². The van der Waals surface area contributed by atoms with Gasteiger partial charge in [0.25, 0.3) is 11.8 Å². The molecule has 32 heavy (non-hydrogen) atoms. The Labute approximate surface area is 194 Å². The number of hydrogen-bond donors (Lipinski definition) is 2. The van der Waals surface area contributed by atoms with Crippen LogP contribution in [0.25, 0.3) is 0 Å². The number of fused-ring (bicyclic) bond motifs is 1. The largest absolute Gasteiger partial charge is 0.462 e. The SMILES string of the molecule is CCCCOC(=O)c1ccccc1NC(=O)NCCCN1C(=O)c2ccc(Br)cc2C1=O. The summed E-state index contributed by atoms with van der Waals surface area (Å²) in [7, 11) is 0. The van der Waals surface area contributed by atoms with Crippen LogP contribution in [0.5, 0.6) is 0 Å². The average molecular weight is 502 g/mol. The van der Waals surface area contributed by atoms with E-state index in [-0.39, 0.29) is 30.5 Å². The average Bonchev–Trinajstić information content (AvgIpc) is 3.01. The summed E-state index contributed by atoms with van der Waals surface area (Å²) in [6, 6.07) is 11.1. The smallest absolute Gasteiger partial charge is 0.340 e. The third-order valence-electron chi connectivity index (χ3n) is 4.90. The maximum absolute atomic E-state index is 12.5. The Kier molecular flexibility index (Phi) is 7.99. The van der Waals surface area contributed by atoms with Crippen LogP contribution in [0, 0.1) is 0 Å². The number of amides is 4. The predicted molar refractivity (Wildman–Crippen MR) is 123 cm³/mol. The van der Waals surface area contributed by atoms with Crippen molar-refractivity contribution >= 4 is 45.4 Å². The van der Waals surface area contributed by atoms with Crippen molar-refractivity contribution in [1.29, 1.82) is 0 Å². The lowest BCUT2D eigenvalue weighted by molar-refractivity contribution is 0.0500. The van der Waals surface area contributed by atoms with Crippen molar-refractivity contribution in [3.05, 3.63) is 63.6 Å². The topological polar surface area (TPSA) is 105 Å². The van der Waals surface area contributed by atoms with E-state index in [4.69, 9.17) is 4.74 Å². The fourth-order valence-corrected chi connectivity index (χ4v) is 3.59. The van der Waals surface area contributed by atoms with E-state index in [0.717, 1.165) is 17.3 Å². The zero-order valence-corrected chi connectivity index (χ0v) is 19.2. The van der Waals surface area contributed by atoms with Crippen LogP contribution in [0.1, 0.15) is 57.3 Å². The summed E-state index contributed by atoms with van der Waals surface area (Å²) in [5, 5.41) is 5.32. The molecule has 0 aliphatic carbocycles. The summed E-state index contributed by atoms with van der Waals surface area (Å²) < 4.78 is 5.95. The van der Waals surface area contributed by atoms with Crippen LogP contribution in [-0.4, -0.2) is 48.4 Å². The first-order chi connectivity index (χ1) is 15.4. The number of urea groups is 1. The number of unbranched alkanes of at least 4 members (excludes halogenated alkanes) is 1. The first-order valence-electron chi connectivity index (χ1n) is 10.4. The summed E-state index contributed by atoms with van der Waals surface area (Å²) in [6.45, 7) is 2.75. The third-order valence-corrected chi connectivity index (χ3v) is 5.40. The molecule has 0 spiro atoms. The predicted octanol–water partition coefficient (Wildman–Crippen LogP) is 4.21. The summed E-state index contributed by atoms with van der Waals surface area (Å²) >= 11 is 3.30. The molecule has 1 aliphatic rings. The van der Waals surface area contributed by atoms with Gasteiger partial charge in [-0.1, -0.05) is 41.4 Å². The molecule has 0 radical (unpaired) electrons. The number of benzene rings is 2. The highest BCUT2D eigenvalue weighted by atomic mass is 79.9. The molecule has 1 heterocycles. The van der Waals surface area contributed by atoms with Gasteiger partial charge in [-0.05, 0) is 43.2 Å². The maximum Gasteiger partial charge on any atom is 0.340 e. The molecule has 0 fully saturated rings. The number of esters is 1. The molecule has 9 heteroatoms. The Morgan fingerprint density at radius 3 is 2.56 bits per heavy atom. The fourth-order valence-electron chi connectivity index (χ4n) is 3.23. The van der Waals surface area contributed by atoms with Crippen molar-refractivity contribution in [3.8, 4) is 0 Å². The maximum atomic E-state index is 12.5. The third kappa shape index (κ3) is 5.53. The number of para-hydroxylation sites is 1. The lowest BCUT2D eigenvalue weighted by Crippen LogP contribution is -2.35. The summed E-state index contributed by atoms with van der Waals surface area (Å²) in [4.78, 5) is 50.6. The van der Waals surface area contributed by atoms with Gasteiger partial charge in [0.05, 0.1) is 29.0 Å². The number of anilines is 1. The van der Waals surface area contributed by atoms with Crippen molar-refractivity contribution in [3.63, 3.8) is 0 Å². The van der Waals surface area contributed by atoms with Gasteiger partial charge in [-0.25, -0.2) is 9.59 Å². The monoisotopic (exact) mass is 501 g/mol. The second-order valence-electron chi connectivity index (χ2n) is 7.22. The number of carbonyl (C=O) groups excluding carboxylic acids is 4. The molecule has 0 aromatic heterocycles. The van der Waals surface area contributed by atoms with Gasteiger partial charge in [-0.3, -0.25) is 14.5 Å². The first kappa shape index (κ1) is 23.5. The van der Waals surface area contributed by atoms with Gasteiger partial charge >= 0.3 is 12.0 Å². The number of rotatable bonds is 9. The number of imide groups is 1. The van der Waals surface area contributed by atoms with Crippen molar-refractivity contribution in [2.45, 2.75) is 26.2 Å². The number of halogens is 1. The van der Waals surface area contributed by atoms with Crippen LogP contribution < -0.4 is 10.6 Å². The molecule has 168 valence electrons. The second kappa shape index (κ2) is 10.9.